The van der Waals surface area contributed by atoms with E-state index in [2.05, 4.69) is 71.6 Å². The molecule has 0 spiro atoms. The fraction of sp³-hybridized carbons (Fsp3) is 0.333. The van der Waals surface area contributed by atoms with E-state index in [1.165, 1.54) is 22.3 Å². The van der Waals surface area contributed by atoms with E-state index in [1.807, 2.05) is 0 Å². The first-order valence-corrected chi connectivity index (χ1v) is 7.84. The van der Waals surface area contributed by atoms with Crippen LogP contribution in [0, 0.1) is 10.8 Å². The van der Waals surface area contributed by atoms with E-state index in [0.717, 1.165) is 24.3 Å². The van der Waals surface area contributed by atoms with Gasteiger partial charge in [-0.2, -0.15) is 10.2 Å². The van der Waals surface area contributed by atoms with Crippen LogP contribution in [0.25, 0.3) is 0 Å². The van der Waals surface area contributed by atoms with Crippen LogP contribution >= 0.6 is 0 Å². The van der Waals surface area contributed by atoms with Gasteiger partial charge in [-0.1, -0.05) is 50.3 Å². The maximum absolute atomic E-state index is 4.53. The summed E-state index contributed by atoms with van der Waals surface area (Å²) in [6.45, 7) is 4.73. The van der Waals surface area contributed by atoms with E-state index in [1.54, 1.807) is 0 Å². The van der Waals surface area contributed by atoms with Gasteiger partial charge in [-0.15, -0.1) is 0 Å². The Balaban J connectivity index is 1.91. The predicted octanol–water partition coefficient (Wildman–Crippen LogP) is 2.92. The number of hydrogen-bond donors (Lipinski definition) is 2. The zero-order valence-electron chi connectivity index (χ0n) is 12.8. The number of allylic oxidation sites excluding steroid dienone is 10. The Morgan fingerprint density at radius 2 is 1.23 bits per heavy atom. The molecule has 0 unspecified atom stereocenters. The average Bonchev–Trinajstić information content (AvgIpc) is 2.54. The van der Waals surface area contributed by atoms with Gasteiger partial charge in [0.2, 0.25) is 0 Å². The van der Waals surface area contributed by atoms with Gasteiger partial charge >= 0.3 is 0 Å². The number of rotatable bonds is 0. The predicted molar refractivity (Wildman–Crippen MR) is 88.1 cm³/mol. The Hall–Kier alpha value is -2.36. The topological polar surface area (TPSA) is 48.8 Å². The van der Waals surface area contributed by atoms with E-state index in [9.17, 15) is 0 Å². The van der Waals surface area contributed by atoms with Crippen LogP contribution in [0.4, 0.5) is 0 Å². The molecule has 2 N–H and O–H groups in total. The van der Waals surface area contributed by atoms with Crippen molar-refractivity contribution in [2.75, 3.05) is 0 Å². The minimum atomic E-state index is -0.0744. The van der Waals surface area contributed by atoms with Gasteiger partial charge in [-0.25, -0.2) is 11.1 Å². The number of hydrazine groups is 1. The first kappa shape index (κ1) is 12.2. The molecule has 0 bridgehead atoms. The molecule has 0 aromatic rings. The zero-order chi connectivity index (χ0) is 14.9. The summed E-state index contributed by atoms with van der Waals surface area (Å²) < 4.78 is 0. The molecule has 0 aromatic heterocycles. The second kappa shape index (κ2) is 3.69. The lowest BCUT2D eigenvalue weighted by Crippen LogP contribution is -2.57. The van der Waals surface area contributed by atoms with Crippen molar-refractivity contribution < 1.29 is 0 Å². The summed E-state index contributed by atoms with van der Waals surface area (Å²) in [4.78, 5) is 0. The van der Waals surface area contributed by atoms with E-state index in [0.29, 0.717) is 0 Å². The molecule has 4 heteroatoms. The number of nitrogens with zero attached hydrogens (tertiary/aromatic N) is 2. The summed E-state index contributed by atoms with van der Waals surface area (Å²) >= 11 is 0. The quantitative estimate of drug-likeness (QED) is 0.720. The third-order valence-corrected chi connectivity index (χ3v) is 6.11. The van der Waals surface area contributed by atoms with Crippen LogP contribution in [0.2, 0.25) is 0 Å². The Morgan fingerprint density at radius 3 is 1.68 bits per heavy atom. The molecule has 5 rings (SSSR count). The highest BCUT2D eigenvalue weighted by molar-refractivity contribution is 6.55. The van der Waals surface area contributed by atoms with Gasteiger partial charge in [0.15, 0.2) is 0 Å². The molecular formula is C18H18N4. The standard InChI is InChI=1S/C18H18N4/c1-17-11-5-3-7-13(17)15-16(20-22-21-19-15)14-8-4-6-12(10-9-11)18(14,17)2/h5-10,21-22H,3-4H2,1-2H3/t17-,18-/m1/s1. The molecule has 0 amide bonds. The third-order valence-electron chi connectivity index (χ3n) is 6.11. The number of hydrogen-bond acceptors (Lipinski definition) is 4. The van der Waals surface area contributed by atoms with E-state index < -0.39 is 0 Å². The third kappa shape index (κ3) is 1.10. The van der Waals surface area contributed by atoms with Gasteiger partial charge in [0.05, 0.1) is 0 Å². The molecule has 22 heavy (non-hydrogen) atoms. The Kier molecular flexibility index (Phi) is 2.05. The second-order valence-electron chi connectivity index (χ2n) is 6.75. The maximum Gasteiger partial charge on any atom is 0.117 e. The summed E-state index contributed by atoms with van der Waals surface area (Å²) in [7, 11) is 0. The number of nitrogens with one attached hydrogen (secondary N) is 2. The van der Waals surface area contributed by atoms with E-state index in [-0.39, 0.29) is 10.8 Å². The summed E-state index contributed by atoms with van der Waals surface area (Å²) in [5.74, 6) is 0. The largest absolute Gasteiger partial charge is 0.204 e. The van der Waals surface area contributed by atoms with Crippen molar-refractivity contribution in [2.45, 2.75) is 26.7 Å². The lowest BCUT2D eigenvalue weighted by molar-refractivity contribution is 0.251. The number of fused-ring (bicyclic) bond motifs is 3. The van der Waals surface area contributed by atoms with Crippen LogP contribution in [-0.4, -0.2) is 11.4 Å². The van der Waals surface area contributed by atoms with Crippen molar-refractivity contribution in [3.8, 4) is 0 Å². The minimum Gasteiger partial charge on any atom is -0.204 e. The van der Waals surface area contributed by atoms with Crippen LogP contribution in [0.3, 0.4) is 0 Å². The van der Waals surface area contributed by atoms with Crippen molar-refractivity contribution in [3.05, 3.63) is 58.7 Å². The van der Waals surface area contributed by atoms with E-state index >= 15 is 0 Å². The fourth-order valence-corrected chi connectivity index (χ4v) is 4.81. The average molecular weight is 290 g/mol. The smallest absolute Gasteiger partial charge is 0.117 e. The molecule has 1 heterocycles. The molecule has 1 saturated carbocycles. The fourth-order valence-electron chi connectivity index (χ4n) is 4.81. The molecule has 110 valence electrons. The molecular weight excluding hydrogens is 272 g/mol. The lowest BCUT2D eigenvalue weighted by Gasteiger charge is -2.58. The van der Waals surface area contributed by atoms with Crippen molar-refractivity contribution in [3.63, 3.8) is 0 Å². The molecule has 5 aliphatic rings. The van der Waals surface area contributed by atoms with Gasteiger partial charge < -0.3 is 0 Å². The molecule has 1 aliphatic heterocycles. The SMILES string of the molecule is C[C@@]12C3=CCC=C1C1=NNNN=C1C1=CCC=C(C=C3)[C@]12C. The zero-order valence-corrected chi connectivity index (χ0v) is 12.8. The lowest BCUT2D eigenvalue weighted by atomic mass is 9.44. The molecule has 4 aliphatic carbocycles. The molecule has 2 atom stereocenters. The van der Waals surface area contributed by atoms with Crippen LogP contribution in [0.5, 0.6) is 0 Å². The first-order valence-electron chi connectivity index (χ1n) is 7.84. The van der Waals surface area contributed by atoms with Crippen LogP contribution in [0.15, 0.2) is 69.0 Å². The molecule has 1 fully saturated rings. The molecule has 0 saturated heterocycles. The normalized spacial score (nSPS) is 37.0. The summed E-state index contributed by atoms with van der Waals surface area (Å²) in [6.07, 6.45) is 15.8. The monoisotopic (exact) mass is 290 g/mol. The summed E-state index contributed by atoms with van der Waals surface area (Å²) in [5, 5.41) is 9.06. The Bertz CT molecular complexity index is 750. The highest BCUT2D eigenvalue weighted by atomic mass is 15.7. The van der Waals surface area contributed by atoms with Gasteiger partial charge in [0.1, 0.15) is 11.4 Å². The minimum absolute atomic E-state index is 0.0744. The maximum atomic E-state index is 4.53. The first-order chi connectivity index (χ1) is 10.7. The van der Waals surface area contributed by atoms with Crippen molar-refractivity contribution in [2.24, 2.45) is 21.0 Å². The van der Waals surface area contributed by atoms with Crippen molar-refractivity contribution in [1.29, 1.82) is 0 Å². The molecule has 0 aromatic carbocycles. The van der Waals surface area contributed by atoms with Crippen LogP contribution in [-0.2, 0) is 0 Å². The van der Waals surface area contributed by atoms with Crippen LogP contribution in [0.1, 0.15) is 26.7 Å². The van der Waals surface area contributed by atoms with Crippen molar-refractivity contribution >= 4 is 11.4 Å². The summed E-state index contributed by atoms with van der Waals surface area (Å²) in [6, 6.07) is 0. The highest BCUT2D eigenvalue weighted by Crippen LogP contribution is 2.65. The van der Waals surface area contributed by atoms with Gasteiger partial charge in [-0.3, -0.25) is 0 Å². The highest BCUT2D eigenvalue weighted by Gasteiger charge is 2.61. The van der Waals surface area contributed by atoms with E-state index in [4.69, 9.17) is 0 Å². The van der Waals surface area contributed by atoms with Gasteiger partial charge in [0, 0.05) is 10.8 Å². The Morgan fingerprint density at radius 1 is 0.773 bits per heavy atom. The summed E-state index contributed by atoms with van der Waals surface area (Å²) in [5.41, 5.74) is 12.9. The van der Waals surface area contributed by atoms with Crippen molar-refractivity contribution in [1.82, 2.24) is 11.1 Å². The van der Waals surface area contributed by atoms with Crippen LogP contribution < -0.4 is 11.1 Å². The van der Waals surface area contributed by atoms with Gasteiger partial charge in [-0.05, 0) is 35.1 Å². The second-order valence-corrected chi connectivity index (χ2v) is 6.75. The molecule has 4 nitrogen and oxygen atoms in total. The number of hydrazone groups is 2. The van der Waals surface area contributed by atoms with Gasteiger partial charge in [0.25, 0.3) is 0 Å². The molecule has 0 radical (unpaired) electrons. The Labute approximate surface area is 129 Å².